The molecule has 0 unspecified atom stereocenters. The standard InChI is InChI=1S/C23H28FN7O3/c1-4-31(5-2)21(32)15-34-17-10-8-9-16(13-17)26-23-25-14-18(24)22(28-23)27-19-11-6-7-12-20(19)29-30(3)33/h6-14,29,33H,4-5,15H2,1-3H3,(H2,25,26,27,28). The monoisotopic (exact) mass is 469 g/mol. The first-order chi connectivity index (χ1) is 16.4. The van der Waals surface area contributed by atoms with Gasteiger partial charge < -0.3 is 20.3 Å². The largest absolute Gasteiger partial charge is 0.484 e. The zero-order chi connectivity index (χ0) is 24.5. The van der Waals surface area contributed by atoms with E-state index < -0.39 is 5.82 Å². The van der Waals surface area contributed by atoms with Crippen molar-refractivity contribution >= 4 is 34.7 Å². The number of hydroxylamine groups is 1. The van der Waals surface area contributed by atoms with Gasteiger partial charge >= 0.3 is 0 Å². The van der Waals surface area contributed by atoms with E-state index in [1.165, 1.54) is 7.05 Å². The van der Waals surface area contributed by atoms with Gasteiger partial charge in [0.1, 0.15) is 5.75 Å². The number of anilines is 5. The molecule has 0 aliphatic carbocycles. The number of amides is 1. The van der Waals surface area contributed by atoms with Crippen LogP contribution in [0.1, 0.15) is 13.8 Å². The Hall–Kier alpha value is -3.96. The summed E-state index contributed by atoms with van der Waals surface area (Å²) in [5.74, 6) is -0.138. The van der Waals surface area contributed by atoms with Crippen LogP contribution in [0.4, 0.5) is 33.2 Å². The molecule has 4 N–H and O–H groups in total. The number of nitrogens with one attached hydrogen (secondary N) is 3. The molecule has 3 aromatic rings. The molecule has 0 bridgehead atoms. The zero-order valence-corrected chi connectivity index (χ0v) is 19.2. The molecular formula is C23H28FN7O3. The van der Waals surface area contributed by atoms with Crippen molar-refractivity contribution in [1.29, 1.82) is 0 Å². The van der Waals surface area contributed by atoms with Gasteiger partial charge in [-0.15, -0.1) is 5.17 Å². The van der Waals surface area contributed by atoms with Crippen LogP contribution in [0.3, 0.4) is 0 Å². The second kappa shape index (κ2) is 11.8. The second-order valence-corrected chi connectivity index (χ2v) is 7.20. The molecule has 0 radical (unpaired) electrons. The van der Waals surface area contributed by atoms with E-state index in [1.54, 1.807) is 53.4 Å². The number of para-hydroxylation sites is 2. The molecule has 34 heavy (non-hydrogen) atoms. The maximum atomic E-state index is 14.4. The fraction of sp³-hybridized carbons (Fsp3) is 0.261. The van der Waals surface area contributed by atoms with E-state index in [0.717, 1.165) is 11.4 Å². The van der Waals surface area contributed by atoms with Gasteiger partial charge in [0.15, 0.2) is 18.2 Å². The quantitative estimate of drug-likeness (QED) is 0.309. The second-order valence-electron chi connectivity index (χ2n) is 7.20. The molecule has 10 nitrogen and oxygen atoms in total. The Morgan fingerprint density at radius 1 is 1.09 bits per heavy atom. The molecule has 0 saturated heterocycles. The number of ether oxygens (including phenoxy) is 1. The Balaban J connectivity index is 1.71. The minimum Gasteiger partial charge on any atom is -0.484 e. The number of carbonyl (C=O) groups excluding carboxylic acids is 1. The Bertz CT molecular complexity index is 1110. The third kappa shape index (κ3) is 6.77. The van der Waals surface area contributed by atoms with Crippen LogP contribution in [0.2, 0.25) is 0 Å². The van der Waals surface area contributed by atoms with Crippen LogP contribution in [0, 0.1) is 5.82 Å². The van der Waals surface area contributed by atoms with Crippen molar-refractivity contribution in [1.82, 2.24) is 20.0 Å². The lowest BCUT2D eigenvalue weighted by Gasteiger charge is -2.18. The normalized spacial score (nSPS) is 10.6. The highest BCUT2D eigenvalue weighted by Crippen LogP contribution is 2.27. The van der Waals surface area contributed by atoms with Gasteiger partial charge in [0, 0.05) is 31.9 Å². The van der Waals surface area contributed by atoms with Crippen molar-refractivity contribution in [2.75, 3.05) is 42.8 Å². The summed E-state index contributed by atoms with van der Waals surface area (Å²) < 4.78 is 20.0. The third-order valence-electron chi connectivity index (χ3n) is 4.78. The Morgan fingerprint density at radius 2 is 1.82 bits per heavy atom. The lowest BCUT2D eigenvalue weighted by molar-refractivity contribution is -0.132. The summed E-state index contributed by atoms with van der Waals surface area (Å²) in [6.07, 6.45) is 1.05. The first kappa shape index (κ1) is 24.7. The van der Waals surface area contributed by atoms with Crippen LogP contribution in [-0.4, -0.2) is 57.9 Å². The molecule has 0 saturated carbocycles. The predicted octanol–water partition coefficient (Wildman–Crippen LogP) is 4.00. The topological polar surface area (TPSA) is 115 Å². The van der Waals surface area contributed by atoms with Crippen LogP contribution in [0.15, 0.2) is 54.7 Å². The number of carbonyl (C=O) groups is 1. The van der Waals surface area contributed by atoms with Crippen LogP contribution >= 0.6 is 0 Å². The van der Waals surface area contributed by atoms with Crippen molar-refractivity contribution in [3.05, 3.63) is 60.5 Å². The van der Waals surface area contributed by atoms with E-state index >= 15 is 0 Å². The summed E-state index contributed by atoms with van der Waals surface area (Å²) in [7, 11) is 1.42. The van der Waals surface area contributed by atoms with Crippen molar-refractivity contribution in [2.24, 2.45) is 0 Å². The van der Waals surface area contributed by atoms with Crippen LogP contribution in [0.5, 0.6) is 5.75 Å². The summed E-state index contributed by atoms with van der Waals surface area (Å²) in [5, 5.41) is 16.2. The lowest BCUT2D eigenvalue weighted by atomic mass is 10.2. The number of nitrogens with zero attached hydrogens (tertiary/aromatic N) is 4. The number of likely N-dealkylation sites (N-methyl/N-ethyl adjacent to an activating group) is 1. The first-order valence-electron chi connectivity index (χ1n) is 10.7. The zero-order valence-electron chi connectivity index (χ0n) is 19.2. The Kier molecular flexibility index (Phi) is 8.54. The Labute approximate surface area is 197 Å². The number of halogens is 1. The van der Waals surface area contributed by atoms with Gasteiger partial charge in [0.2, 0.25) is 5.95 Å². The molecule has 0 aliphatic heterocycles. The van der Waals surface area contributed by atoms with Crippen molar-refractivity contribution < 1.29 is 19.1 Å². The van der Waals surface area contributed by atoms with Crippen LogP contribution in [0.25, 0.3) is 0 Å². The number of hydrogen-bond acceptors (Lipinski definition) is 9. The van der Waals surface area contributed by atoms with Gasteiger partial charge in [-0.05, 0) is 38.1 Å². The maximum absolute atomic E-state index is 14.4. The highest BCUT2D eigenvalue weighted by Gasteiger charge is 2.12. The van der Waals surface area contributed by atoms with E-state index in [1.807, 2.05) is 13.8 Å². The SMILES string of the molecule is CCN(CC)C(=O)COc1cccc(Nc2ncc(F)c(Nc3ccccc3NN(C)O)n2)c1. The average Bonchev–Trinajstić information content (AvgIpc) is 2.82. The number of rotatable bonds is 11. The summed E-state index contributed by atoms with van der Waals surface area (Å²) >= 11 is 0. The fourth-order valence-electron chi connectivity index (χ4n) is 3.11. The van der Waals surface area contributed by atoms with Crippen LogP contribution < -0.4 is 20.8 Å². The van der Waals surface area contributed by atoms with Gasteiger partial charge in [-0.25, -0.2) is 9.37 Å². The van der Waals surface area contributed by atoms with Crippen molar-refractivity contribution in [3.8, 4) is 5.75 Å². The molecule has 1 amide bonds. The molecular weight excluding hydrogens is 441 g/mol. The minimum atomic E-state index is -0.648. The minimum absolute atomic E-state index is 0.0513. The van der Waals surface area contributed by atoms with E-state index in [2.05, 4.69) is 26.0 Å². The van der Waals surface area contributed by atoms with E-state index in [-0.39, 0.29) is 24.3 Å². The van der Waals surface area contributed by atoms with Crippen molar-refractivity contribution in [3.63, 3.8) is 0 Å². The molecule has 1 aromatic heterocycles. The molecule has 1 heterocycles. The molecule has 180 valence electrons. The summed E-state index contributed by atoms with van der Waals surface area (Å²) in [4.78, 5) is 22.1. The number of aromatic nitrogens is 2. The van der Waals surface area contributed by atoms with E-state index in [4.69, 9.17) is 4.74 Å². The highest BCUT2D eigenvalue weighted by atomic mass is 19.1. The molecule has 0 atom stereocenters. The average molecular weight is 470 g/mol. The molecule has 11 heteroatoms. The van der Waals surface area contributed by atoms with Crippen molar-refractivity contribution in [2.45, 2.75) is 13.8 Å². The van der Waals surface area contributed by atoms with Gasteiger partial charge in [0.05, 0.1) is 17.6 Å². The number of hydrazine groups is 1. The van der Waals surface area contributed by atoms with Gasteiger partial charge in [-0.2, -0.15) is 4.98 Å². The first-order valence-corrected chi connectivity index (χ1v) is 10.7. The molecule has 0 spiro atoms. The molecule has 2 aromatic carbocycles. The number of benzene rings is 2. The summed E-state index contributed by atoms with van der Waals surface area (Å²) in [5.41, 5.74) is 4.34. The van der Waals surface area contributed by atoms with Gasteiger partial charge in [0.25, 0.3) is 5.91 Å². The lowest BCUT2D eigenvalue weighted by Crippen LogP contribution is -2.34. The summed E-state index contributed by atoms with van der Waals surface area (Å²) in [6.45, 7) is 5.00. The smallest absolute Gasteiger partial charge is 0.260 e. The number of hydrogen-bond donors (Lipinski definition) is 4. The molecule has 0 aliphatic rings. The van der Waals surface area contributed by atoms with Gasteiger partial charge in [-0.1, -0.05) is 18.2 Å². The van der Waals surface area contributed by atoms with Gasteiger partial charge in [-0.3, -0.25) is 15.4 Å². The predicted molar refractivity (Wildman–Crippen MR) is 128 cm³/mol. The maximum Gasteiger partial charge on any atom is 0.260 e. The fourth-order valence-corrected chi connectivity index (χ4v) is 3.11. The molecule has 3 rings (SSSR count). The van der Waals surface area contributed by atoms with E-state index in [9.17, 15) is 14.4 Å². The highest BCUT2D eigenvalue weighted by molar-refractivity contribution is 5.77. The summed E-state index contributed by atoms with van der Waals surface area (Å²) in [6, 6.07) is 13.9. The third-order valence-corrected chi connectivity index (χ3v) is 4.78. The Morgan fingerprint density at radius 3 is 2.53 bits per heavy atom. The van der Waals surface area contributed by atoms with E-state index in [0.29, 0.717) is 35.9 Å². The van der Waals surface area contributed by atoms with Crippen LogP contribution in [-0.2, 0) is 4.79 Å². The molecule has 0 fully saturated rings.